The van der Waals surface area contributed by atoms with Gasteiger partial charge in [-0.25, -0.2) is 4.98 Å². The van der Waals surface area contributed by atoms with Gasteiger partial charge in [0.25, 0.3) is 0 Å². The predicted molar refractivity (Wildman–Crippen MR) is 65.1 cm³/mol. The van der Waals surface area contributed by atoms with Crippen molar-refractivity contribution in [3.63, 3.8) is 0 Å². The van der Waals surface area contributed by atoms with Crippen LogP contribution in [0.5, 0.6) is 0 Å². The summed E-state index contributed by atoms with van der Waals surface area (Å²) in [5.74, 6) is -0.804. The molecule has 16 heavy (non-hydrogen) atoms. The SMILES string of the molecule is CC(C)N(CC(=O)O)Cc1ccnc(Br)c1. The highest BCUT2D eigenvalue weighted by atomic mass is 79.9. The number of carboxylic acid groups (broad SMARTS) is 1. The summed E-state index contributed by atoms with van der Waals surface area (Å²) in [7, 11) is 0. The van der Waals surface area contributed by atoms with Crippen molar-refractivity contribution in [2.75, 3.05) is 6.54 Å². The average molecular weight is 287 g/mol. The van der Waals surface area contributed by atoms with Crippen LogP contribution in [0.1, 0.15) is 19.4 Å². The molecule has 0 saturated carbocycles. The normalized spacial score (nSPS) is 11.1. The fourth-order valence-corrected chi connectivity index (χ4v) is 1.78. The number of rotatable bonds is 5. The number of aromatic nitrogens is 1. The summed E-state index contributed by atoms with van der Waals surface area (Å²) < 4.78 is 0.768. The Morgan fingerprint density at radius 3 is 2.81 bits per heavy atom. The second-order valence-electron chi connectivity index (χ2n) is 3.88. The van der Waals surface area contributed by atoms with Crippen LogP contribution in [0.4, 0.5) is 0 Å². The number of hydrogen-bond acceptors (Lipinski definition) is 3. The molecule has 5 heteroatoms. The summed E-state index contributed by atoms with van der Waals surface area (Å²) in [6, 6.07) is 3.99. The van der Waals surface area contributed by atoms with Gasteiger partial charge in [-0.1, -0.05) is 0 Å². The molecule has 1 heterocycles. The molecule has 0 atom stereocenters. The average Bonchev–Trinajstić information content (AvgIpc) is 2.15. The van der Waals surface area contributed by atoms with E-state index in [0.717, 1.165) is 10.2 Å². The first-order valence-electron chi connectivity index (χ1n) is 5.05. The third-order valence-corrected chi connectivity index (χ3v) is 2.68. The first-order valence-corrected chi connectivity index (χ1v) is 5.84. The van der Waals surface area contributed by atoms with Gasteiger partial charge in [0.1, 0.15) is 4.60 Å². The molecule has 0 bridgehead atoms. The van der Waals surface area contributed by atoms with Gasteiger partial charge >= 0.3 is 5.97 Å². The van der Waals surface area contributed by atoms with E-state index in [2.05, 4.69) is 20.9 Å². The number of carbonyl (C=O) groups is 1. The van der Waals surface area contributed by atoms with Gasteiger partial charge < -0.3 is 5.11 Å². The molecule has 88 valence electrons. The lowest BCUT2D eigenvalue weighted by Crippen LogP contribution is -2.35. The Morgan fingerprint density at radius 2 is 2.31 bits per heavy atom. The zero-order valence-electron chi connectivity index (χ0n) is 9.35. The molecule has 0 radical (unpaired) electrons. The molecule has 4 nitrogen and oxygen atoms in total. The van der Waals surface area contributed by atoms with E-state index in [1.54, 1.807) is 6.20 Å². The molecule has 1 rings (SSSR count). The third-order valence-electron chi connectivity index (χ3n) is 2.25. The minimum absolute atomic E-state index is 0.0532. The second-order valence-corrected chi connectivity index (χ2v) is 4.69. The topological polar surface area (TPSA) is 53.4 Å². The number of aliphatic carboxylic acids is 1. The molecule has 0 aliphatic heterocycles. The van der Waals surface area contributed by atoms with Gasteiger partial charge in [-0.15, -0.1) is 0 Å². The van der Waals surface area contributed by atoms with Crippen LogP contribution in [0.3, 0.4) is 0 Å². The van der Waals surface area contributed by atoms with E-state index in [0.29, 0.717) is 6.54 Å². The summed E-state index contributed by atoms with van der Waals surface area (Å²) in [5, 5.41) is 8.80. The van der Waals surface area contributed by atoms with Gasteiger partial charge in [-0.3, -0.25) is 9.69 Å². The minimum atomic E-state index is -0.804. The van der Waals surface area contributed by atoms with Crippen molar-refractivity contribution in [3.05, 3.63) is 28.5 Å². The Kier molecular flexibility index (Phi) is 4.89. The van der Waals surface area contributed by atoms with E-state index < -0.39 is 5.97 Å². The maximum atomic E-state index is 10.7. The zero-order chi connectivity index (χ0) is 12.1. The molecular weight excluding hydrogens is 272 g/mol. The van der Waals surface area contributed by atoms with Crippen LogP contribution < -0.4 is 0 Å². The van der Waals surface area contributed by atoms with Crippen LogP contribution in [0.25, 0.3) is 0 Å². The molecule has 0 aliphatic rings. The minimum Gasteiger partial charge on any atom is -0.480 e. The molecule has 0 aromatic carbocycles. The molecule has 0 aliphatic carbocycles. The molecule has 0 saturated heterocycles. The Labute approximate surface area is 103 Å². The van der Waals surface area contributed by atoms with E-state index >= 15 is 0 Å². The van der Waals surface area contributed by atoms with Gasteiger partial charge in [0.2, 0.25) is 0 Å². The van der Waals surface area contributed by atoms with Crippen molar-refractivity contribution in [2.24, 2.45) is 0 Å². The fourth-order valence-electron chi connectivity index (χ4n) is 1.37. The smallest absolute Gasteiger partial charge is 0.317 e. The highest BCUT2D eigenvalue weighted by molar-refractivity contribution is 9.10. The number of nitrogens with zero attached hydrogens (tertiary/aromatic N) is 2. The maximum Gasteiger partial charge on any atom is 0.317 e. The lowest BCUT2D eigenvalue weighted by molar-refractivity contribution is -0.138. The van der Waals surface area contributed by atoms with Crippen molar-refractivity contribution in [3.8, 4) is 0 Å². The quantitative estimate of drug-likeness (QED) is 0.843. The third kappa shape index (κ3) is 4.28. The van der Waals surface area contributed by atoms with Crippen LogP contribution >= 0.6 is 15.9 Å². The standard InChI is InChI=1S/C11H15BrN2O2/c1-8(2)14(7-11(15)16)6-9-3-4-13-10(12)5-9/h3-5,8H,6-7H2,1-2H3,(H,15,16). The molecule has 0 unspecified atom stereocenters. The lowest BCUT2D eigenvalue weighted by atomic mass is 10.2. The molecular formula is C11H15BrN2O2. The summed E-state index contributed by atoms with van der Waals surface area (Å²) in [6.07, 6.45) is 1.71. The summed E-state index contributed by atoms with van der Waals surface area (Å²) in [4.78, 5) is 16.6. The van der Waals surface area contributed by atoms with E-state index in [-0.39, 0.29) is 12.6 Å². The fraction of sp³-hybridized carbons (Fsp3) is 0.455. The highest BCUT2D eigenvalue weighted by Crippen LogP contribution is 2.12. The Hall–Kier alpha value is -0.940. The van der Waals surface area contributed by atoms with Crippen LogP contribution in [0, 0.1) is 0 Å². The maximum absolute atomic E-state index is 10.7. The number of pyridine rings is 1. The predicted octanol–water partition coefficient (Wildman–Crippen LogP) is 2.14. The van der Waals surface area contributed by atoms with Crippen molar-refractivity contribution < 1.29 is 9.90 Å². The Bertz CT molecular complexity index is 369. The monoisotopic (exact) mass is 286 g/mol. The van der Waals surface area contributed by atoms with Crippen LogP contribution in [0.2, 0.25) is 0 Å². The number of carboxylic acids is 1. The van der Waals surface area contributed by atoms with Gasteiger partial charge in [0.05, 0.1) is 6.54 Å². The summed E-state index contributed by atoms with van der Waals surface area (Å²) in [6.45, 7) is 4.64. The lowest BCUT2D eigenvalue weighted by Gasteiger charge is -2.24. The highest BCUT2D eigenvalue weighted by Gasteiger charge is 2.13. The molecule has 0 spiro atoms. The number of halogens is 1. The van der Waals surface area contributed by atoms with Gasteiger partial charge in [0.15, 0.2) is 0 Å². The molecule has 1 aromatic heterocycles. The van der Waals surface area contributed by atoms with Gasteiger partial charge in [0, 0.05) is 18.8 Å². The van der Waals surface area contributed by atoms with Crippen molar-refractivity contribution in [2.45, 2.75) is 26.4 Å². The Morgan fingerprint density at radius 1 is 1.62 bits per heavy atom. The van der Waals surface area contributed by atoms with Crippen molar-refractivity contribution in [1.29, 1.82) is 0 Å². The first-order chi connectivity index (χ1) is 7.49. The largest absolute Gasteiger partial charge is 0.480 e. The summed E-state index contributed by atoms with van der Waals surface area (Å²) >= 11 is 3.29. The van der Waals surface area contributed by atoms with Gasteiger partial charge in [-0.05, 0) is 47.5 Å². The van der Waals surface area contributed by atoms with E-state index in [1.807, 2.05) is 30.9 Å². The van der Waals surface area contributed by atoms with E-state index in [9.17, 15) is 4.79 Å². The van der Waals surface area contributed by atoms with Crippen LogP contribution in [0.15, 0.2) is 22.9 Å². The molecule has 1 N–H and O–H groups in total. The molecule has 1 aromatic rings. The van der Waals surface area contributed by atoms with Crippen LogP contribution in [-0.4, -0.2) is 33.5 Å². The van der Waals surface area contributed by atoms with Crippen LogP contribution in [-0.2, 0) is 11.3 Å². The Balaban J connectivity index is 2.71. The molecule has 0 amide bonds. The van der Waals surface area contributed by atoms with Gasteiger partial charge in [-0.2, -0.15) is 0 Å². The number of hydrogen-bond donors (Lipinski definition) is 1. The summed E-state index contributed by atoms with van der Waals surface area (Å²) in [5.41, 5.74) is 1.05. The first kappa shape index (κ1) is 13.1. The zero-order valence-corrected chi connectivity index (χ0v) is 10.9. The van der Waals surface area contributed by atoms with Crippen molar-refractivity contribution in [1.82, 2.24) is 9.88 Å². The van der Waals surface area contributed by atoms with E-state index in [4.69, 9.17) is 5.11 Å². The van der Waals surface area contributed by atoms with Crippen molar-refractivity contribution >= 4 is 21.9 Å². The van der Waals surface area contributed by atoms with E-state index in [1.165, 1.54) is 0 Å². The molecule has 0 fully saturated rings. The second kappa shape index (κ2) is 5.96.